The zero-order valence-electron chi connectivity index (χ0n) is 17.0. The fourth-order valence-electron chi connectivity index (χ4n) is 4.46. The molecule has 1 saturated heterocycles. The van der Waals surface area contributed by atoms with E-state index < -0.39 is 11.6 Å². The quantitative estimate of drug-likeness (QED) is 0.461. The van der Waals surface area contributed by atoms with Gasteiger partial charge in [-0.05, 0) is 73.7 Å². The second-order valence-corrected chi connectivity index (χ2v) is 9.17. The van der Waals surface area contributed by atoms with Crippen molar-refractivity contribution in [1.29, 1.82) is 0 Å². The molecule has 5 rings (SSSR count). The molecule has 0 spiro atoms. The average Bonchev–Trinajstić information content (AvgIpc) is 2.76. The molecule has 0 radical (unpaired) electrons. The summed E-state index contributed by atoms with van der Waals surface area (Å²) < 4.78 is 6.53. The van der Waals surface area contributed by atoms with Gasteiger partial charge >= 0.3 is 0 Å². The van der Waals surface area contributed by atoms with Gasteiger partial charge in [-0.1, -0.05) is 41.4 Å². The maximum absolute atomic E-state index is 13.7. The number of rotatable bonds is 3. The standard InChI is InChI=1S/C24H19Cl2N3O2S/c1-24-20(22(30)27-16-10-6-14(25)7-11-16)21(18-4-2-3-5-19(18)31-24)28-23(32)29(24)17-12-8-15(26)9-13-17/h2-13,20-21H,1H3,(H,27,30)(H,28,32)/t20-,21+,24+/m0/s1. The average molecular weight is 484 g/mol. The number of ether oxygens (including phenoxy) is 1. The van der Waals surface area contributed by atoms with Crippen molar-refractivity contribution in [1.82, 2.24) is 5.32 Å². The highest BCUT2D eigenvalue weighted by Crippen LogP contribution is 2.49. The molecule has 5 nitrogen and oxygen atoms in total. The van der Waals surface area contributed by atoms with E-state index in [4.69, 9.17) is 40.2 Å². The number of halogens is 2. The lowest BCUT2D eigenvalue weighted by Gasteiger charge is -2.56. The number of para-hydroxylation sites is 1. The van der Waals surface area contributed by atoms with Crippen molar-refractivity contribution in [3.05, 3.63) is 88.4 Å². The van der Waals surface area contributed by atoms with E-state index in [2.05, 4.69) is 10.6 Å². The van der Waals surface area contributed by atoms with Crippen LogP contribution in [0.25, 0.3) is 0 Å². The molecule has 1 amide bonds. The molecule has 3 atom stereocenters. The third-order valence-corrected chi connectivity index (χ3v) is 6.69. The number of nitrogens with one attached hydrogen (secondary N) is 2. The van der Waals surface area contributed by atoms with Gasteiger partial charge in [0.15, 0.2) is 10.8 Å². The Morgan fingerprint density at radius 2 is 1.66 bits per heavy atom. The van der Waals surface area contributed by atoms with Gasteiger partial charge in [0.05, 0.1) is 6.04 Å². The largest absolute Gasteiger partial charge is 0.467 e. The first-order chi connectivity index (χ1) is 15.4. The molecular formula is C24H19Cl2N3O2S. The monoisotopic (exact) mass is 483 g/mol. The van der Waals surface area contributed by atoms with Gasteiger partial charge < -0.3 is 15.4 Å². The van der Waals surface area contributed by atoms with Crippen molar-refractivity contribution in [2.24, 2.45) is 5.92 Å². The van der Waals surface area contributed by atoms with Gasteiger partial charge in [-0.2, -0.15) is 0 Å². The highest BCUT2D eigenvalue weighted by molar-refractivity contribution is 7.80. The molecule has 0 saturated carbocycles. The van der Waals surface area contributed by atoms with E-state index in [1.54, 1.807) is 36.4 Å². The molecule has 2 aliphatic heterocycles. The van der Waals surface area contributed by atoms with Crippen molar-refractivity contribution in [3.63, 3.8) is 0 Å². The van der Waals surface area contributed by atoms with Gasteiger partial charge in [0, 0.05) is 27.0 Å². The van der Waals surface area contributed by atoms with E-state index in [1.807, 2.05) is 48.2 Å². The Hall–Kier alpha value is -2.80. The predicted molar refractivity (Wildman–Crippen MR) is 131 cm³/mol. The summed E-state index contributed by atoms with van der Waals surface area (Å²) in [6.07, 6.45) is 0. The van der Waals surface area contributed by atoms with E-state index in [0.717, 1.165) is 11.3 Å². The van der Waals surface area contributed by atoms with Gasteiger partial charge in [-0.15, -0.1) is 0 Å². The molecule has 1 fully saturated rings. The molecule has 0 aliphatic carbocycles. The van der Waals surface area contributed by atoms with Gasteiger partial charge in [0.25, 0.3) is 0 Å². The summed E-state index contributed by atoms with van der Waals surface area (Å²) in [6, 6.07) is 21.7. The molecule has 8 heteroatoms. The van der Waals surface area contributed by atoms with Gasteiger partial charge in [0.2, 0.25) is 5.91 Å². The van der Waals surface area contributed by atoms with Crippen LogP contribution in [0, 0.1) is 5.92 Å². The summed E-state index contributed by atoms with van der Waals surface area (Å²) in [5, 5.41) is 8.08. The Morgan fingerprint density at radius 3 is 2.34 bits per heavy atom. The predicted octanol–water partition coefficient (Wildman–Crippen LogP) is 5.79. The molecule has 3 aromatic rings. The zero-order valence-corrected chi connectivity index (χ0v) is 19.3. The first-order valence-corrected chi connectivity index (χ1v) is 11.2. The Morgan fingerprint density at radius 1 is 1.03 bits per heavy atom. The summed E-state index contributed by atoms with van der Waals surface area (Å²) in [7, 11) is 0. The molecule has 162 valence electrons. The Kier molecular flexibility index (Phi) is 5.24. The van der Waals surface area contributed by atoms with Crippen LogP contribution in [0.3, 0.4) is 0 Å². The van der Waals surface area contributed by atoms with Gasteiger partial charge in [-0.3, -0.25) is 9.69 Å². The summed E-state index contributed by atoms with van der Waals surface area (Å²) in [5.41, 5.74) is 1.24. The summed E-state index contributed by atoms with van der Waals surface area (Å²) >= 11 is 17.8. The third-order valence-electron chi connectivity index (χ3n) is 5.89. The van der Waals surface area contributed by atoms with Crippen LogP contribution in [-0.4, -0.2) is 16.7 Å². The minimum absolute atomic E-state index is 0.191. The SMILES string of the molecule is C[C@]12Oc3ccccc3[C@@H](NC(=S)N1c1ccc(Cl)cc1)[C@H]2C(=O)Nc1ccc(Cl)cc1. The number of thiocarbonyl (C=S) groups is 1. The fourth-order valence-corrected chi connectivity index (χ4v) is 5.13. The Bertz CT molecular complexity index is 1200. The molecular weight excluding hydrogens is 465 g/mol. The molecule has 2 heterocycles. The first-order valence-electron chi connectivity index (χ1n) is 10.1. The second kappa shape index (κ2) is 7.96. The van der Waals surface area contributed by atoms with E-state index in [-0.39, 0.29) is 11.9 Å². The van der Waals surface area contributed by atoms with Crippen LogP contribution in [-0.2, 0) is 4.79 Å². The summed E-state index contributed by atoms with van der Waals surface area (Å²) in [6.45, 7) is 1.89. The molecule has 2 bridgehead atoms. The van der Waals surface area contributed by atoms with Crippen LogP contribution in [0.5, 0.6) is 5.75 Å². The van der Waals surface area contributed by atoms with Crippen LogP contribution in [0.1, 0.15) is 18.5 Å². The second-order valence-electron chi connectivity index (χ2n) is 7.91. The lowest BCUT2D eigenvalue weighted by atomic mass is 9.78. The molecule has 3 aromatic carbocycles. The van der Waals surface area contributed by atoms with Crippen molar-refractivity contribution >= 4 is 57.8 Å². The third kappa shape index (κ3) is 3.48. The summed E-state index contributed by atoms with van der Waals surface area (Å²) in [4.78, 5) is 15.5. The number of amides is 1. The van der Waals surface area contributed by atoms with Crippen molar-refractivity contribution < 1.29 is 9.53 Å². The number of carbonyl (C=O) groups is 1. The summed E-state index contributed by atoms with van der Waals surface area (Å²) in [5.74, 6) is -0.0942. The lowest BCUT2D eigenvalue weighted by Crippen LogP contribution is -2.72. The highest BCUT2D eigenvalue weighted by atomic mass is 35.5. The van der Waals surface area contributed by atoms with Crippen LogP contribution >= 0.6 is 35.4 Å². The number of carbonyl (C=O) groups excluding carboxylic acids is 1. The van der Waals surface area contributed by atoms with Gasteiger partial charge in [0.1, 0.15) is 11.7 Å². The van der Waals surface area contributed by atoms with E-state index in [0.29, 0.717) is 26.6 Å². The van der Waals surface area contributed by atoms with Gasteiger partial charge in [-0.25, -0.2) is 0 Å². The number of hydrogen-bond donors (Lipinski definition) is 2. The topological polar surface area (TPSA) is 53.6 Å². The number of fused-ring (bicyclic) bond motifs is 4. The van der Waals surface area contributed by atoms with Crippen molar-refractivity contribution in [3.8, 4) is 5.75 Å². The van der Waals surface area contributed by atoms with Crippen molar-refractivity contribution in [2.45, 2.75) is 18.7 Å². The van der Waals surface area contributed by atoms with Crippen molar-refractivity contribution in [2.75, 3.05) is 10.2 Å². The lowest BCUT2D eigenvalue weighted by molar-refractivity contribution is -0.130. The van der Waals surface area contributed by atoms with Crippen LogP contribution in [0.15, 0.2) is 72.8 Å². The first kappa shape index (κ1) is 21.1. The molecule has 0 aromatic heterocycles. The normalized spacial score (nSPS) is 23.6. The fraction of sp³-hybridized carbons (Fsp3) is 0.167. The number of nitrogens with zero attached hydrogens (tertiary/aromatic N) is 1. The van der Waals surface area contributed by atoms with Crippen LogP contribution in [0.4, 0.5) is 11.4 Å². The highest BCUT2D eigenvalue weighted by Gasteiger charge is 2.59. The molecule has 2 N–H and O–H groups in total. The minimum Gasteiger partial charge on any atom is -0.467 e. The Balaban J connectivity index is 1.60. The zero-order chi connectivity index (χ0) is 22.5. The molecule has 2 aliphatic rings. The smallest absolute Gasteiger partial charge is 0.236 e. The number of anilines is 2. The Labute approximate surface area is 201 Å². The maximum Gasteiger partial charge on any atom is 0.236 e. The molecule has 0 unspecified atom stereocenters. The van der Waals surface area contributed by atoms with Crippen LogP contribution < -0.4 is 20.3 Å². The molecule has 32 heavy (non-hydrogen) atoms. The van der Waals surface area contributed by atoms with Crippen LogP contribution in [0.2, 0.25) is 10.0 Å². The van der Waals surface area contributed by atoms with E-state index >= 15 is 0 Å². The number of benzene rings is 3. The number of hydrogen-bond acceptors (Lipinski definition) is 3. The maximum atomic E-state index is 13.7. The minimum atomic E-state index is -1.08. The van der Waals surface area contributed by atoms with E-state index in [9.17, 15) is 4.79 Å². The van der Waals surface area contributed by atoms with E-state index in [1.165, 1.54) is 0 Å².